The number of benzene rings is 1. The quantitative estimate of drug-likeness (QED) is 0.821. The number of pyridine rings is 1. The minimum absolute atomic E-state index is 0.0906. The van der Waals surface area contributed by atoms with Gasteiger partial charge >= 0.3 is 0 Å². The predicted molar refractivity (Wildman–Crippen MR) is 86.9 cm³/mol. The molecule has 1 aromatic carbocycles. The summed E-state index contributed by atoms with van der Waals surface area (Å²) in [5, 5.41) is 8.85. The third-order valence-corrected chi connectivity index (χ3v) is 3.43. The lowest BCUT2D eigenvalue weighted by atomic mass is 10.1. The van der Waals surface area contributed by atoms with Gasteiger partial charge in [0.05, 0.1) is 24.8 Å². The normalized spacial score (nSPS) is 10.2. The Morgan fingerprint density at radius 2 is 1.95 bits per heavy atom. The fourth-order valence-corrected chi connectivity index (χ4v) is 2.48. The highest BCUT2D eigenvalue weighted by molar-refractivity contribution is 5.67. The molecule has 0 amide bonds. The first-order valence-corrected chi connectivity index (χ1v) is 7.54. The van der Waals surface area contributed by atoms with Gasteiger partial charge in [-0.3, -0.25) is 4.79 Å². The van der Waals surface area contributed by atoms with Crippen LogP contribution in [0.1, 0.15) is 25.8 Å². The number of rotatable bonds is 6. The van der Waals surface area contributed by atoms with Crippen molar-refractivity contribution in [2.24, 2.45) is 0 Å². The van der Waals surface area contributed by atoms with Gasteiger partial charge in [0, 0.05) is 17.7 Å². The van der Waals surface area contributed by atoms with Gasteiger partial charge in [0.15, 0.2) is 0 Å². The lowest BCUT2D eigenvalue weighted by Gasteiger charge is -2.16. The highest BCUT2D eigenvalue weighted by Crippen LogP contribution is 2.29. The molecule has 4 nitrogen and oxygen atoms in total. The SMILES string of the molecule is CCCn1c(-c2ccccc2OCC)ccc(CC#N)c1=O. The number of para-hydroxylation sites is 1. The van der Waals surface area contributed by atoms with Crippen molar-refractivity contribution in [2.75, 3.05) is 6.61 Å². The lowest BCUT2D eigenvalue weighted by molar-refractivity contribution is 0.341. The van der Waals surface area contributed by atoms with E-state index in [9.17, 15) is 4.79 Å². The number of aromatic nitrogens is 1. The molecule has 0 bridgehead atoms. The van der Waals surface area contributed by atoms with Crippen molar-refractivity contribution in [3.63, 3.8) is 0 Å². The Kier molecular flexibility index (Phi) is 5.37. The zero-order valence-corrected chi connectivity index (χ0v) is 13.0. The van der Waals surface area contributed by atoms with E-state index in [2.05, 4.69) is 0 Å². The van der Waals surface area contributed by atoms with Crippen molar-refractivity contribution in [3.05, 3.63) is 52.3 Å². The van der Waals surface area contributed by atoms with Gasteiger partial charge in [-0.05, 0) is 31.5 Å². The van der Waals surface area contributed by atoms with Crippen LogP contribution in [0.15, 0.2) is 41.2 Å². The molecule has 0 saturated heterocycles. The van der Waals surface area contributed by atoms with Crippen LogP contribution in [0.5, 0.6) is 5.75 Å². The molecule has 0 aliphatic rings. The van der Waals surface area contributed by atoms with Crippen LogP contribution in [0, 0.1) is 11.3 Å². The summed E-state index contributed by atoms with van der Waals surface area (Å²) >= 11 is 0. The summed E-state index contributed by atoms with van der Waals surface area (Å²) in [6, 6.07) is 13.4. The molecule has 0 N–H and O–H groups in total. The Bertz CT molecular complexity index is 741. The van der Waals surface area contributed by atoms with Gasteiger partial charge in [0.25, 0.3) is 5.56 Å². The molecule has 0 atom stereocenters. The van der Waals surface area contributed by atoms with Crippen LogP contribution < -0.4 is 10.3 Å². The molecular formula is C18H20N2O2. The molecule has 0 aliphatic carbocycles. The monoisotopic (exact) mass is 296 g/mol. The molecule has 22 heavy (non-hydrogen) atoms. The smallest absolute Gasteiger partial charge is 0.255 e. The standard InChI is InChI=1S/C18H20N2O2/c1-3-13-20-16(10-9-14(11-12-19)18(20)21)15-7-5-6-8-17(15)22-4-2/h5-10H,3-4,11,13H2,1-2H3. The number of nitriles is 1. The summed E-state index contributed by atoms with van der Waals surface area (Å²) in [6.07, 6.45) is 0.982. The van der Waals surface area contributed by atoms with Gasteiger partial charge in [-0.2, -0.15) is 5.26 Å². The third-order valence-electron chi connectivity index (χ3n) is 3.43. The molecule has 114 valence electrons. The van der Waals surface area contributed by atoms with Crippen molar-refractivity contribution >= 4 is 0 Å². The number of hydrogen-bond donors (Lipinski definition) is 0. The summed E-state index contributed by atoms with van der Waals surface area (Å²) in [6.45, 7) is 5.16. The van der Waals surface area contributed by atoms with E-state index in [1.165, 1.54) is 0 Å². The summed E-state index contributed by atoms with van der Waals surface area (Å²) in [5.41, 5.74) is 2.18. The van der Waals surface area contributed by atoms with E-state index < -0.39 is 0 Å². The van der Waals surface area contributed by atoms with Crippen LogP contribution in [-0.4, -0.2) is 11.2 Å². The predicted octanol–water partition coefficient (Wildman–Crippen LogP) is 3.39. The number of hydrogen-bond acceptors (Lipinski definition) is 3. The van der Waals surface area contributed by atoms with Gasteiger partial charge in [-0.25, -0.2) is 0 Å². The molecule has 0 saturated carbocycles. The zero-order chi connectivity index (χ0) is 15.9. The van der Waals surface area contributed by atoms with Gasteiger partial charge in [-0.1, -0.05) is 25.1 Å². The van der Waals surface area contributed by atoms with Crippen molar-refractivity contribution in [1.29, 1.82) is 5.26 Å². The average Bonchev–Trinajstić information content (AvgIpc) is 2.53. The highest BCUT2D eigenvalue weighted by Gasteiger charge is 2.13. The van der Waals surface area contributed by atoms with E-state index in [-0.39, 0.29) is 12.0 Å². The molecule has 1 aromatic heterocycles. The van der Waals surface area contributed by atoms with E-state index in [1.807, 2.05) is 50.2 Å². The molecule has 0 radical (unpaired) electrons. The first kappa shape index (κ1) is 15.8. The van der Waals surface area contributed by atoms with Crippen LogP contribution in [0.3, 0.4) is 0 Å². The summed E-state index contributed by atoms with van der Waals surface area (Å²) in [4.78, 5) is 12.6. The Hall–Kier alpha value is -2.54. The molecule has 0 unspecified atom stereocenters. The molecule has 4 heteroatoms. The first-order chi connectivity index (χ1) is 10.7. The Morgan fingerprint density at radius 1 is 1.18 bits per heavy atom. The van der Waals surface area contributed by atoms with Crippen LogP contribution >= 0.6 is 0 Å². The van der Waals surface area contributed by atoms with Crippen molar-refractivity contribution in [2.45, 2.75) is 33.2 Å². The molecule has 1 heterocycles. The maximum absolute atomic E-state index is 12.6. The van der Waals surface area contributed by atoms with Crippen molar-refractivity contribution in [1.82, 2.24) is 4.57 Å². The molecule has 0 aliphatic heterocycles. The molecular weight excluding hydrogens is 276 g/mol. The molecule has 0 fully saturated rings. The van der Waals surface area contributed by atoms with Gasteiger partial charge in [0.1, 0.15) is 5.75 Å². The maximum atomic E-state index is 12.6. The molecule has 2 aromatic rings. The topological polar surface area (TPSA) is 55.0 Å². The Balaban J connectivity index is 2.63. The lowest BCUT2D eigenvalue weighted by Crippen LogP contribution is -2.25. The maximum Gasteiger partial charge on any atom is 0.255 e. The summed E-state index contributed by atoms with van der Waals surface area (Å²) < 4.78 is 7.42. The Labute approximate surface area is 130 Å². The summed E-state index contributed by atoms with van der Waals surface area (Å²) in [5.74, 6) is 0.766. The van der Waals surface area contributed by atoms with E-state index in [0.29, 0.717) is 18.7 Å². The zero-order valence-electron chi connectivity index (χ0n) is 13.0. The average molecular weight is 296 g/mol. The molecule has 0 spiro atoms. The van der Waals surface area contributed by atoms with Gasteiger partial charge in [-0.15, -0.1) is 0 Å². The largest absolute Gasteiger partial charge is 0.493 e. The van der Waals surface area contributed by atoms with Crippen molar-refractivity contribution < 1.29 is 4.74 Å². The second-order valence-corrected chi connectivity index (χ2v) is 4.96. The van der Waals surface area contributed by atoms with E-state index in [4.69, 9.17) is 10.00 Å². The fraction of sp³-hybridized carbons (Fsp3) is 0.333. The second kappa shape index (κ2) is 7.46. The van der Waals surface area contributed by atoms with Gasteiger partial charge in [0.2, 0.25) is 0 Å². The summed E-state index contributed by atoms with van der Waals surface area (Å²) in [7, 11) is 0. The molecule has 2 rings (SSSR count). The first-order valence-electron chi connectivity index (χ1n) is 7.54. The minimum atomic E-state index is -0.0906. The van der Waals surface area contributed by atoms with E-state index in [0.717, 1.165) is 23.4 Å². The van der Waals surface area contributed by atoms with Gasteiger partial charge < -0.3 is 9.30 Å². The van der Waals surface area contributed by atoms with E-state index >= 15 is 0 Å². The number of nitrogens with zero attached hydrogens (tertiary/aromatic N) is 2. The minimum Gasteiger partial charge on any atom is -0.493 e. The van der Waals surface area contributed by atoms with Crippen LogP contribution in [0.4, 0.5) is 0 Å². The van der Waals surface area contributed by atoms with Crippen LogP contribution in [0.2, 0.25) is 0 Å². The van der Waals surface area contributed by atoms with E-state index in [1.54, 1.807) is 10.6 Å². The highest BCUT2D eigenvalue weighted by atomic mass is 16.5. The number of ether oxygens (including phenoxy) is 1. The van der Waals surface area contributed by atoms with Crippen molar-refractivity contribution in [3.8, 4) is 23.1 Å². The Morgan fingerprint density at radius 3 is 2.64 bits per heavy atom. The van der Waals surface area contributed by atoms with Crippen LogP contribution in [-0.2, 0) is 13.0 Å². The third kappa shape index (κ3) is 3.20. The fourth-order valence-electron chi connectivity index (χ4n) is 2.48. The van der Waals surface area contributed by atoms with Crippen LogP contribution in [0.25, 0.3) is 11.3 Å². The second-order valence-electron chi connectivity index (χ2n) is 4.96.